The van der Waals surface area contributed by atoms with Crippen LogP contribution in [-0.4, -0.2) is 30.0 Å². The molecular weight excluding hydrogens is 238 g/mol. The predicted octanol–water partition coefficient (Wildman–Crippen LogP) is 2.09. The minimum absolute atomic E-state index is 0.00488. The molecule has 4 nitrogen and oxygen atoms in total. The molecule has 0 bridgehead atoms. The van der Waals surface area contributed by atoms with Gasteiger partial charge in [0.05, 0.1) is 17.3 Å². The van der Waals surface area contributed by atoms with Crippen LogP contribution in [0.3, 0.4) is 0 Å². The summed E-state index contributed by atoms with van der Waals surface area (Å²) in [6, 6.07) is 1.96. The summed E-state index contributed by atoms with van der Waals surface area (Å²) in [5.41, 5.74) is 0.836. The molecule has 0 fully saturated rings. The van der Waals surface area contributed by atoms with E-state index in [1.807, 2.05) is 31.7 Å². The van der Waals surface area contributed by atoms with Crippen molar-refractivity contribution < 1.29 is 4.79 Å². The molecule has 0 aliphatic heterocycles. The van der Waals surface area contributed by atoms with Crippen LogP contribution < -0.4 is 10.2 Å². The number of nitrogens with zero attached hydrogens (tertiary/aromatic N) is 2. The Hall–Kier alpha value is -1.29. The molecule has 0 unspecified atom stereocenters. The third-order valence-corrected chi connectivity index (χ3v) is 2.55. The number of nitrogens with one attached hydrogen (secondary N) is 1. The molecule has 0 spiro atoms. The molecule has 0 aromatic carbocycles. The summed E-state index contributed by atoms with van der Waals surface area (Å²) >= 11 is 6.05. The van der Waals surface area contributed by atoms with Gasteiger partial charge in [0.25, 0.3) is 0 Å². The van der Waals surface area contributed by atoms with E-state index in [0.29, 0.717) is 11.6 Å². The molecule has 94 valence electrons. The van der Waals surface area contributed by atoms with Gasteiger partial charge in [-0.1, -0.05) is 11.6 Å². The number of rotatable bonds is 5. The highest BCUT2D eigenvalue weighted by molar-refractivity contribution is 6.33. The fraction of sp³-hybridized carbons (Fsp3) is 0.500. The smallest absolute Gasteiger partial charge is 0.239 e. The van der Waals surface area contributed by atoms with Crippen molar-refractivity contribution in [2.45, 2.75) is 26.8 Å². The second-order valence-corrected chi connectivity index (χ2v) is 4.47. The Kier molecular flexibility index (Phi) is 5.22. The Morgan fingerprint density at radius 1 is 1.59 bits per heavy atom. The van der Waals surface area contributed by atoms with Gasteiger partial charge in [-0.25, -0.2) is 0 Å². The average molecular weight is 256 g/mol. The molecule has 0 aliphatic carbocycles. The van der Waals surface area contributed by atoms with Gasteiger partial charge in [-0.3, -0.25) is 9.78 Å². The Balaban J connectivity index is 2.73. The van der Waals surface area contributed by atoms with E-state index in [2.05, 4.69) is 10.3 Å². The number of hydrogen-bond donors (Lipinski definition) is 1. The van der Waals surface area contributed by atoms with Gasteiger partial charge in [-0.2, -0.15) is 0 Å². The lowest BCUT2D eigenvalue weighted by Crippen LogP contribution is -2.40. The molecule has 5 heteroatoms. The first kappa shape index (κ1) is 13.8. The van der Waals surface area contributed by atoms with Crippen LogP contribution in [0.1, 0.15) is 20.8 Å². The van der Waals surface area contributed by atoms with E-state index in [-0.39, 0.29) is 11.9 Å². The number of pyridine rings is 1. The quantitative estimate of drug-likeness (QED) is 0.876. The summed E-state index contributed by atoms with van der Waals surface area (Å²) in [4.78, 5) is 17.5. The van der Waals surface area contributed by atoms with Gasteiger partial charge in [0.15, 0.2) is 0 Å². The summed E-state index contributed by atoms with van der Waals surface area (Å²) in [5.74, 6) is -0.00488. The maximum Gasteiger partial charge on any atom is 0.239 e. The van der Waals surface area contributed by atoms with Crippen molar-refractivity contribution in [3.63, 3.8) is 0 Å². The van der Waals surface area contributed by atoms with Crippen LogP contribution in [0.5, 0.6) is 0 Å². The first-order valence-corrected chi connectivity index (χ1v) is 6.06. The molecule has 0 saturated heterocycles. The molecule has 0 saturated carbocycles. The standard InChI is InChI=1S/C12H18ClN3O/c1-4-16(8-12(17)15-9(2)3)11-5-6-14-7-10(11)13/h5-7,9H,4,8H2,1-3H3,(H,15,17). The van der Waals surface area contributed by atoms with Gasteiger partial charge in [0.1, 0.15) is 0 Å². The van der Waals surface area contributed by atoms with E-state index in [0.717, 1.165) is 12.2 Å². The summed E-state index contributed by atoms with van der Waals surface area (Å²) in [6.45, 7) is 6.88. The fourth-order valence-electron chi connectivity index (χ4n) is 1.53. The predicted molar refractivity (Wildman–Crippen MR) is 70.4 cm³/mol. The zero-order valence-electron chi connectivity index (χ0n) is 10.4. The Bertz CT molecular complexity index is 382. The highest BCUT2D eigenvalue weighted by Gasteiger charge is 2.13. The largest absolute Gasteiger partial charge is 0.361 e. The number of hydrogen-bond acceptors (Lipinski definition) is 3. The number of halogens is 1. The van der Waals surface area contributed by atoms with Gasteiger partial charge >= 0.3 is 0 Å². The maximum absolute atomic E-state index is 11.7. The van der Waals surface area contributed by atoms with Crippen LogP contribution in [0.4, 0.5) is 5.69 Å². The highest BCUT2D eigenvalue weighted by atomic mass is 35.5. The number of amides is 1. The molecular formula is C12H18ClN3O. The van der Waals surface area contributed by atoms with Crippen LogP contribution >= 0.6 is 11.6 Å². The second kappa shape index (κ2) is 6.45. The van der Waals surface area contributed by atoms with Crippen molar-refractivity contribution in [1.82, 2.24) is 10.3 Å². The monoisotopic (exact) mass is 255 g/mol. The van der Waals surface area contributed by atoms with Gasteiger partial charge in [0, 0.05) is 25.0 Å². The number of likely N-dealkylation sites (N-methyl/N-ethyl adjacent to an activating group) is 1. The minimum Gasteiger partial charge on any atom is -0.361 e. The Morgan fingerprint density at radius 3 is 2.82 bits per heavy atom. The van der Waals surface area contributed by atoms with Gasteiger partial charge < -0.3 is 10.2 Å². The highest BCUT2D eigenvalue weighted by Crippen LogP contribution is 2.23. The average Bonchev–Trinajstić information content (AvgIpc) is 2.26. The van der Waals surface area contributed by atoms with Crippen LogP contribution in [0.15, 0.2) is 18.5 Å². The van der Waals surface area contributed by atoms with Crippen molar-refractivity contribution in [1.29, 1.82) is 0 Å². The summed E-state index contributed by atoms with van der Waals surface area (Å²) in [7, 11) is 0. The minimum atomic E-state index is -0.00488. The van der Waals surface area contributed by atoms with E-state index in [1.165, 1.54) is 0 Å². The number of aromatic nitrogens is 1. The summed E-state index contributed by atoms with van der Waals surface area (Å²) in [6.07, 6.45) is 3.25. The van der Waals surface area contributed by atoms with E-state index in [1.54, 1.807) is 12.4 Å². The molecule has 1 aromatic rings. The topological polar surface area (TPSA) is 45.2 Å². The van der Waals surface area contributed by atoms with E-state index < -0.39 is 0 Å². The zero-order chi connectivity index (χ0) is 12.8. The van der Waals surface area contributed by atoms with Crippen molar-refractivity contribution in [2.75, 3.05) is 18.0 Å². The molecule has 0 aliphatic rings. The van der Waals surface area contributed by atoms with Crippen LogP contribution in [0.2, 0.25) is 5.02 Å². The van der Waals surface area contributed by atoms with E-state index in [4.69, 9.17) is 11.6 Å². The molecule has 1 heterocycles. The lowest BCUT2D eigenvalue weighted by atomic mass is 10.3. The maximum atomic E-state index is 11.7. The van der Waals surface area contributed by atoms with Crippen molar-refractivity contribution in [3.05, 3.63) is 23.5 Å². The fourth-order valence-corrected chi connectivity index (χ4v) is 1.77. The molecule has 0 atom stereocenters. The van der Waals surface area contributed by atoms with E-state index in [9.17, 15) is 4.79 Å². The van der Waals surface area contributed by atoms with Crippen LogP contribution in [0.25, 0.3) is 0 Å². The van der Waals surface area contributed by atoms with Crippen molar-refractivity contribution in [2.24, 2.45) is 0 Å². The number of anilines is 1. The molecule has 17 heavy (non-hydrogen) atoms. The van der Waals surface area contributed by atoms with Gasteiger partial charge in [-0.15, -0.1) is 0 Å². The summed E-state index contributed by atoms with van der Waals surface area (Å²) < 4.78 is 0. The molecule has 1 rings (SSSR count). The van der Waals surface area contributed by atoms with Crippen LogP contribution in [0, 0.1) is 0 Å². The van der Waals surface area contributed by atoms with Crippen molar-refractivity contribution >= 4 is 23.2 Å². The van der Waals surface area contributed by atoms with Gasteiger partial charge in [0.2, 0.25) is 5.91 Å². The first-order chi connectivity index (χ1) is 8.04. The number of carbonyl (C=O) groups excluding carboxylic acids is 1. The molecule has 1 aromatic heterocycles. The number of carbonyl (C=O) groups is 1. The van der Waals surface area contributed by atoms with Gasteiger partial charge in [-0.05, 0) is 26.8 Å². The molecule has 1 amide bonds. The normalized spacial score (nSPS) is 10.4. The van der Waals surface area contributed by atoms with E-state index >= 15 is 0 Å². The molecule has 0 radical (unpaired) electrons. The summed E-state index contributed by atoms with van der Waals surface area (Å²) in [5, 5.41) is 3.42. The van der Waals surface area contributed by atoms with Crippen molar-refractivity contribution in [3.8, 4) is 0 Å². The lowest BCUT2D eigenvalue weighted by Gasteiger charge is -2.23. The SMILES string of the molecule is CCN(CC(=O)NC(C)C)c1ccncc1Cl. The zero-order valence-corrected chi connectivity index (χ0v) is 11.2. The third kappa shape index (κ3) is 4.23. The third-order valence-electron chi connectivity index (χ3n) is 2.26. The Morgan fingerprint density at radius 2 is 2.29 bits per heavy atom. The first-order valence-electron chi connectivity index (χ1n) is 5.68. The Labute approximate surface area is 107 Å². The molecule has 1 N–H and O–H groups in total. The second-order valence-electron chi connectivity index (χ2n) is 4.06. The lowest BCUT2D eigenvalue weighted by molar-refractivity contribution is -0.120. The van der Waals surface area contributed by atoms with Crippen LogP contribution in [-0.2, 0) is 4.79 Å².